The van der Waals surface area contributed by atoms with Gasteiger partial charge in [0.05, 0.1) is 5.41 Å². The molecule has 4 rings (SSSR count). The van der Waals surface area contributed by atoms with Gasteiger partial charge in [0.25, 0.3) is 0 Å². The molecule has 166 valence electrons. The van der Waals surface area contributed by atoms with E-state index in [4.69, 9.17) is 9.16 Å². The zero-order chi connectivity index (χ0) is 21.6. The number of esters is 1. The van der Waals surface area contributed by atoms with Gasteiger partial charge in [0.2, 0.25) is 0 Å². The van der Waals surface area contributed by atoms with Gasteiger partial charge in [0, 0.05) is 18.4 Å². The summed E-state index contributed by atoms with van der Waals surface area (Å²) >= 11 is 0. The fraction of sp³-hybridized carbons (Fsp3) is 0.960. The molecule has 2 bridgehead atoms. The van der Waals surface area contributed by atoms with Gasteiger partial charge in [-0.3, -0.25) is 4.79 Å². The lowest BCUT2D eigenvalue weighted by molar-refractivity contribution is -0.178. The summed E-state index contributed by atoms with van der Waals surface area (Å²) in [5, 5.41) is 0.182. The first-order chi connectivity index (χ1) is 13.2. The molecule has 0 aromatic rings. The normalized spacial score (nSPS) is 50.0. The van der Waals surface area contributed by atoms with Crippen molar-refractivity contribution in [1.82, 2.24) is 0 Å². The Bertz CT molecular complexity index is 682. The number of carbonyl (C=O) groups excluding carboxylic acids is 1. The van der Waals surface area contributed by atoms with E-state index in [1.54, 1.807) is 0 Å². The summed E-state index contributed by atoms with van der Waals surface area (Å²) in [5.41, 5.74) is -0.234. The van der Waals surface area contributed by atoms with Crippen molar-refractivity contribution in [2.75, 3.05) is 0 Å². The van der Waals surface area contributed by atoms with Gasteiger partial charge in [0.1, 0.15) is 6.10 Å². The van der Waals surface area contributed by atoms with E-state index in [1.165, 1.54) is 12.8 Å². The Morgan fingerprint density at radius 3 is 2.34 bits per heavy atom. The third-order valence-corrected chi connectivity index (χ3v) is 14.6. The van der Waals surface area contributed by atoms with E-state index in [-0.39, 0.29) is 40.0 Å². The van der Waals surface area contributed by atoms with Crippen LogP contribution in [0.15, 0.2) is 0 Å². The third-order valence-electron chi connectivity index (χ3n) is 10.1. The SMILES string of the molecule is C[C@H]1C[C@@H](C)[C@H]2C[C@H](O[Si](C)(C)C(C)(C)C)[C@H]3[C@@](C)(C[C@@H]4C[C@@]3(C)C(=O)O4)[C@@H]2C1. The van der Waals surface area contributed by atoms with Crippen molar-refractivity contribution >= 4 is 14.3 Å². The Labute approximate surface area is 179 Å². The van der Waals surface area contributed by atoms with Crippen LogP contribution in [0.25, 0.3) is 0 Å². The average molecular weight is 421 g/mol. The van der Waals surface area contributed by atoms with Crippen molar-refractivity contribution in [3.8, 4) is 0 Å². The second kappa shape index (κ2) is 6.57. The largest absolute Gasteiger partial charge is 0.462 e. The van der Waals surface area contributed by atoms with Crippen LogP contribution < -0.4 is 0 Å². The predicted octanol–water partition coefficient (Wildman–Crippen LogP) is 6.43. The highest BCUT2D eigenvalue weighted by atomic mass is 28.4. The van der Waals surface area contributed by atoms with Crippen molar-refractivity contribution in [3.05, 3.63) is 0 Å². The molecule has 0 amide bonds. The van der Waals surface area contributed by atoms with Gasteiger partial charge < -0.3 is 9.16 Å². The number of fused-ring (bicyclic) bond motifs is 6. The van der Waals surface area contributed by atoms with Gasteiger partial charge in [-0.15, -0.1) is 0 Å². The molecular weight excluding hydrogens is 376 g/mol. The molecule has 0 aromatic heterocycles. The molecule has 0 unspecified atom stereocenters. The minimum Gasteiger partial charge on any atom is -0.462 e. The lowest BCUT2D eigenvalue weighted by Gasteiger charge is -2.63. The Hall–Kier alpha value is -0.353. The van der Waals surface area contributed by atoms with E-state index in [1.807, 2.05) is 0 Å². The van der Waals surface area contributed by atoms with E-state index >= 15 is 0 Å². The fourth-order valence-electron chi connectivity index (χ4n) is 7.96. The minimum absolute atomic E-state index is 0.0513. The molecule has 4 aliphatic rings. The maximum Gasteiger partial charge on any atom is 0.312 e. The molecule has 0 radical (unpaired) electrons. The maximum absolute atomic E-state index is 13.1. The summed E-state index contributed by atoms with van der Waals surface area (Å²) in [4.78, 5) is 13.1. The van der Waals surface area contributed by atoms with Crippen molar-refractivity contribution in [3.63, 3.8) is 0 Å². The first-order valence-corrected chi connectivity index (χ1v) is 15.0. The molecule has 4 fully saturated rings. The van der Waals surface area contributed by atoms with Crippen LogP contribution >= 0.6 is 0 Å². The van der Waals surface area contributed by atoms with Gasteiger partial charge in [-0.05, 0) is 79.8 Å². The van der Waals surface area contributed by atoms with Crippen molar-refractivity contribution in [2.45, 2.75) is 111 Å². The number of ether oxygens (including phenoxy) is 1. The molecule has 3 saturated carbocycles. The topological polar surface area (TPSA) is 35.5 Å². The molecule has 0 spiro atoms. The van der Waals surface area contributed by atoms with Gasteiger partial charge in [0.15, 0.2) is 8.32 Å². The van der Waals surface area contributed by atoms with Crippen LogP contribution in [0, 0.1) is 40.4 Å². The molecule has 1 aliphatic heterocycles. The van der Waals surface area contributed by atoms with Crippen molar-refractivity contribution in [2.24, 2.45) is 40.4 Å². The standard InChI is InChI=1S/C25H44O3Si/c1-15-10-16(2)18-12-20(28-29(8,9)23(3,4)5)21-24(6,19(18)11-15)13-17-14-25(21,7)22(26)27-17/h15-21H,10-14H2,1-9H3/t15-,16+,17+,18+,19+,20-,21-,24-,25+/m0/s1. The Balaban J connectivity index is 1.78. The van der Waals surface area contributed by atoms with Crippen LogP contribution in [0.5, 0.6) is 0 Å². The number of hydrogen-bond acceptors (Lipinski definition) is 3. The van der Waals surface area contributed by atoms with Crippen LogP contribution in [-0.4, -0.2) is 26.5 Å². The quantitative estimate of drug-likeness (QED) is 0.381. The first kappa shape index (κ1) is 21.9. The summed E-state index contributed by atoms with van der Waals surface area (Å²) in [6.45, 7) is 21.4. The molecule has 4 heteroatoms. The maximum atomic E-state index is 13.1. The van der Waals surface area contributed by atoms with E-state index < -0.39 is 8.32 Å². The highest BCUT2D eigenvalue weighted by Crippen LogP contribution is 2.68. The van der Waals surface area contributed by atoms with Gasteiger partial charge in [-0.1, -0.05) is 41.5 Å². The monoisotopic (exact) mass is 420 g/mol. The smallest absolute Gasteiger partial charge is 0.312 e. The van der Waals surface area contributed by atoms with Crippen LogP contribution in [-0.2, 0) is 14.0 Å². The zero-order valence-electron chi connectivity index (χ0n) is 20.3. The van der Waals surface area contributed by atoms with Crippen LogP contribution in [0.4, 0.5) is 0 Å². The minimum atomic E-state index is -1.93. The summed E-state index contributed by atoms with van der Waals surface area (Å²) in [6.07, 6.45) is 6.03. The third kappa shape index (κ3) is 3.18. The number of carbonyl (C=O) groups is 1. The number of rotatable bonds is 2. The van der Waals surface area contributed by atoms with Gasteiger partial charge in [-0.2, -0.15) is 0 Å². The highest BCUT2D eigenvalue weighted by molar-refractivity contribution is 6.74. The molecule has 3 aliphatic carbocycles. The van der Waals surface area contributed by atoms with E-state index in [9.17, 15) is 4.79 Å². The van der Waals surface area contributed by atoms with Gasteiger partial charge >= 0.3 is 5.97 Å². The summed E-state index contributed by atoms with van der Waals surface area (Å²) in [5.74, 6) is 3.28. The lowest BCUT2D eigenvalue weighted by atomic mass is 9.42. The molecule has 9 atom stereocenters. The Morgan fingerprint density at radius 2 is 1.72 bits per heavy atom. The van der Waals surface area contributed by atoms with Crippen molar-refractivity contribution in [1.29, 1.82) is 0 Å². The van der Waals surface area contributed by atoms with E-state index in [0.717, 1.165) is 37.0 Å². The molecule has 29 heavy (non-hydrogen) atoms. The molecule has 3 nitrogen and oxygen atoms in total. The van der Waals surface area contributed by atoms with Crippen LogP contribution in [0.3, 0.4) is 0 Å². The molecule has 0 aromatic carbocycles. The predicted molar refractivity (Wildman–Crippen MR) is 120 cm³/mol. The number of hydrogen-bond donors (Lipinski definition) is 0. The highest BCUT2D eigenvalue weighted by Gasteiger charge is 2.69. The second-order valence-corrected chi connectivity index (χ2v) is 18.1. The van der Waals surface area contributed by atoms with E-state index in [0.29, 0.717) is 5.92 Å². The first-order valence-electron chi connectivity index (χ1n) is 12.1. The summed E-state index contributed by atoms with van der Waals surface area (Å²) in [6, 6.07) is 0. The van der Waals surface area contributed by atoms with Crippen molar-refractivity contribution < 1.29 is 14.0 Å². The van der Waals surface area contributed by atoms with E-state index in [2.05, 4.69) is 61.6 Å². The summed E-state index contributed by atoms with van der Waals surface area (Å²) in [7, 11) is -1.93. The zero-order valence-corrected chi connectivity index (χ0v) is 21.3. The molecule has 1 heterocycles. The fourth-order valence-corrected chi connectivity index (χ4v) is 9.30. The Kier molecular flexibility index (Phi) is 4.96. The molecular formula is C25H44O3Si. The molecule has 1 saturated heterocycles. The van der Waals surface area contributed by atoms with Crippen LogP contribution in [0.1, 0.15) is 80.6 Å². The Morgan fingerprint density at radius 1 is 1.07 bits per heavy atom. The molecule has 0 N–H and O–H groups in total. The van der Waals surface area contributed by atoms with Gasteiger partial charge in [-0.25, -0.2) is 0 Å². The summed E-state index contributed by atoms with van der Waals surface area (Å²) < 4.78 is 13.1. The van der Waals surface area contributed by atoms with Crippen LogP contribution in [0.2, 0.25) is 18.1 Å². The lowest BCUT2D eigenvalue weighted by Crippen LogP contribution is -2.63. The second-order valence-electron chi connectivity index (χ2n) is 13.3. The average Bonchev–Trinajstić information content (AvgIpc) is 2.76.